The molecular formula is C16H23N5O2. The van der Waals surface area contributed by atoms with E-state index in [1.807, 2.05) is 4.90 Å². The molecule has 1 saturated heterocycles. The molecule has 1 N–H and O–H groups in total. The second-order valence-corrected chi connectivity index (χ2v) is 6.15. The van der Waals surface area contributed by atoms with Gasteiger partial charge in [-0.2, -0.15) is 0 Å². The first kappa shape index (κ1) is 15.7. The number of nitrogens with zero attached hydrogens (tertiary/aromatic N) is 4. The van der Waals surface area contributed by atoms with Gasteiger partial charge in [-0.1, -0.05) is 12.8 Å². The van der Waals surface area contributed by atoms with E-state index in [2.05, 4.69) is 15.3 Å². The van der Waals surface area contributed by atoms with Crippen molar-refractivity contribution in [1.82, 2.24) is 25.1 Å². The largest absolute Gasteiger partial charge is 0.335 e. The Morgan fingerprint density at radius 1 is 1.00 bits per heavy atom. The molecule has 1 aromatic rings. The van der Waals surface area contributed by atoms with Gasteiger partial charge in [0.05, 0.1) is 6.20 Å². The number of carbonyl (C=O) groups is 2. The van der Waals surface area contributed by atoms with Gasteiger partial charge in [0, 0.05) is 44.6 Å². The molecule has 124 valence electrons. The lowest BCUT2D eigenvalue weighted by molar-refractivity contribution is 0.0756. The summed E-state index contributed by atoms with van der Waals surface area (Å²) in [7, 11) is 0. The summed E-state index contributed by atoms with van der Waals surface area (Å²) in [5, 5.41) is 3.11. The van der Waals surface area contributed by atoms with E-state index in [4.69, 9.17) is 0 Å². The van der Waals surface area contributed by atoms with Crippen molar-refractivity contribution in [2.45, 2.75) is 38.1 Å². The normalized spacial score (nSPS) is 19.5. The van der Waals surface area contributed by atoms with Crippen LogP contribution in [0.5, 0.6) is 0 Å². The fourth-order valence-corrected chi connectivity index (χ4v) is 3.23. The van der Waals surface area contributed by atoms with Gasteiger partial charge in [-0.05, 0) is 19.3 Å². The van der Waals surface area contributed by atoms with Gasteiger partial charge >= 0.3 is 6.03 Å². The maximum absolute atomic E-state index is 12.4. The van der Waals surface area contributed by atoms with Gasteiger partial charge in [-0.3, -0.25) is 9.78 Å². The van der Waals surface area contributed by atoms with Gasteiger partial charge < -0.3 is 15.1 Å². The van der Waals surface area contributed by atoms with Gasteiger partial charge in [0.15, 0.2) is 0 Å². The molecule has 1 aromatic heterocycles. The third kappa shape index (κ3) is 3.97. The standard InChI is InChI=1S/C16H23N5O2/c22-15(14-12-17-6-7-18-14)20-8-3-9-21(11-10-20)16(23)19-13-4-1-2-5-13/h6-7,12-13H,1-5,8-11H2,(H,19,23). The van der Waals surface area contributed by atoms with Crippen LogP contribution in [0.2, 0.25) is 0 Å². The van der Waals surface area contributed by atoms with E-state index in [9.17, 15) is 9.59 Å². The molecule has 2 fully saturated rings. The van der Waals surface area contributed by atoms with E-state index in [0.29, 0.717) is 37.9 Å². The summed E-state index contributed by atoms with van der Waals surface area (Å²) >= 11 is 0. The highest BCUT2D eigenvalue weighted by molar-refractivity contribution is 5.92. The van der Waals surface area contributed by atoms with E-state index >= 15 is 0 Å². The highest BCUT2D eigenvalue weighted by atomic mass is 16.2. The molecule has 2 aliphatic rings. The molecule has 2 heterocycles. The Hall–Kier alpha value is -2.18. The van der Waals surface area contributed by atoms with E-state index in [-0.39, 0.29) is 11.9 Å². The predicted molar refractivity (Wildman–Crippen MR) is 84.9 cm³/mol. The van der Waals surface area contributed by atoms with Crippen LogP contribution in [-0.4, -0.2) is 63.9 Å². The number of nitrogens with one attached hydrogen (secondary N) is 1. The Labute approximate surface area is 136 Å². The zero-order chi connectivity index (χ0) is 16.1. The molecule has 1 aliphatic heterocycles. The van der Waals surface area contributed by atoms with Crippen molar-refractivity contribution in [3.05, 3.63) is 24.3 Å². The second-order valence-electron chi connectivity index (χ2n) is 6.15. The van der Waals surface area contributed by atoms with Crippen LogP contribution in [0.4, 0.5) is 4.79 Å². The van der Waals surface area contributed by atoms with Crippen LogP contribution in [-0.2, 0) is 0 Å². The molecule has 7 nitrogen and oxygen atoms in total. The number of amides is 3. The average Bonchev–Trinajstić information content (AvgIpc) is 2.96. The topological polar surface area (TPSA) is 78.4 Å². The Morgan fingerprint density at radius 3 is 2.48 bits per heavy atom. The van der Waals surface area contributed by atoms with Crippen molar-refractivity contribution in [2.24, 2.45) is 0 Å². The van der Waals surface area contributed by atoms with Crippen LogP contribution < -0.4 is 5.32 Å². The van der Waals surface area contributed by atoms with Crippen molar-refractivity contribution in [1.29, 1.82) is 0 Å². The highest BCUT2D eigenvalue weighted by Gasteiger charge is 2.25. The summed E-state index contributed by atoms with van der Waals surface area (Å²) in [5.41, 5.74) is 0.358. The van der Waals surface area contributed by atoms with E-state index in [1.165, 1.54) is 25.2 Å². The minimum Gasteiger partial charge on any atom is -0.335 e. The fraction of sp³-hybridized carbons (Fsp3) is 0.625. The zero-order valence-electron chi connectivity index (χ0n) is 13.3. The van der Waals surface area contributed by atoms with Crippen molar-refractivity contribution in [2.75, 3.05) is 26.2 Å². The summed E-state index contributed by atoms with van der Waals surface area (Å²) in [6.07, 6.45) is 9.90. The molecular weight excluding hydrogens is 294 g/mol. The number of aromatic nitrogens is 2. The molecule has 1 aliphatic carbocycles. The first-order chi connectivity index (χ1) is 11.2. The molecule has 0 bridgehead atoms. The number of hydrogen-bond donors (Lipinski definition) is 1. The van der Waals surface area contributed by atoms with Gasteiger partial charge in [-0.25, -0.2) is 9.78 Å². The number of rotatable bonds is 2. The number of carbonyl (C=O) groups excluding carboxylic acids is 2. The maximum atomic E-state index is 12.4. The summed E-state index contributed by atoms with van der Waals surface area (Å²) in [4.78, 5) is 36.3. The molecule has 0 atom stereocenters. The number of hydrogen-bond acceptors (Lipinski definition) is 4. The van der Waals surface area contributed by atoms with Crippen LogP contribution in [0.15, 0.2) is 18.6 Å². The monoisotopic (exact) mass is 317 g/mol. The lowest BCUT2D eigenvalue weighted by atomic mass is 10.2. The maximum Gasteiger partial charge on any atom is 0.317 e. The Morgan fingerprint density at radius 2 is 1.74 bits per heavy atom. The minimum atomic E-state index is -0.115. The van der Waals surface area contributed by atoms with E-state index in [0.717, 1.165) is 19.3 Å². The summed E-state index contributed by atoms with van der Waals surface area (Å²) in [5.74, 6) is -0.115. The first-order valence-electron chi connectivity index (χ1n) is 8.35. The van der Waals surface area contributed by atoms with Crippen molar-refractivity contribution in [3.8, 4) is 0 Å². The quantitative estimate of drug-likeness (QED) is 0.891. The van der Waals surface area contributed by atoms with E-state index < -0.39 is 0 Å². The summed E-state index contributed by atoms with van der Waals surface area (Å²) in [6, 6.07) is 0.328. The average molecular weight is 317 g/mol. The van der Waals surface area contributed by atoms with Crippen molar-refractivity contribution in [3.63, 3.8) is 0 Å². The highest BCUT2D eigenvalue weighted by Crippen LogP contribution is 2.18. The van der Waals surface area contributed by atoms with Gasteiger partial charge in [0.1, 0.15) is 5.69 Å². The van der Waals surface area contributed by atoms with Crippen molar-refractivity contribution < 1.29 is 9.59 Å². The Kier molecular flexibility index (Phi) is 5.05. The van der Waals surface area contributed by atoms with Gasteiger partial charge in [0.25, 0.3) is 5.91 Å². The fourth-order valence-electron chi connectivity index (χ4n) is 3.23. The van der Waals surface area contributed by atoms with E-state index in [1.54, 1.807) is 11.1 Å². The molecule has 23 heavy (non-hydrogen) atoms. The molecule has 0 radical (unpaired) electrons. The summed E-state index contributed by atoms with van der Waals surface area (Å²) < 4.78 is 0. The molecule has 3 amide bonds. The Balaban J connectivity index is 1.54. The van der Waals surface area contributed by atoms with Crippen LogP contribution in [0.1, 0.15) is 42.6 Å². The SMILES string of the molecule is O=C(NC1CCCC1)N1CCCN(C(=O)c2cnccn2)CC1. The number of urea groups is 1. The van der Waals surface area contributed by atoms with Crippen LogP contribution in [0, 0.1) is 0 Å². The molecule has 0 spiro atoms. The third-order valence-electron chi connectivity index (χ3n) is 4.54. The van der Waals surface area contributed by atoms with Crippen molar-refractivity contribution >= 4 is 11.9 Å². The minimum absolute atomic E-state index is 0.00528. The third-order valence-corrected chi connectivity index (χ3v) is 4.54. The first-order valence-corrected chi connectivity index (χ1v) is 8.35. The smallest absolute Gasteiger partial charge is 0.317 e. The molecule has 0 aromatic carbocycles. The summed E-state index contributed by atoms with van der Waals surface area (Å²) in [6.45, 7) is 2.42. The lowest BCUT2D eigenvalue weighted by Crippen LogP contribution is -2.45. The van der Waals surface area contributed by atoms with Crippen LogP contribution in [0.3, 0.4) is 0 Å². The van der Waals surface area contributed by atoms with Crippen LogP contribution in [0.25, 0.3) is 0 Å². The lowest BCUT2D eigenvalue weighted by Gasteiger charge is -2.24. The zero-order valence-corrected chi connectivity index (χ0v) is 13.3. The Bertz CT molecular complexity index is 545. The molecule has 0 unspecified atom stereocenters. The molecule has 7 heteroatoms. The second kappa shape index (κ2) is 7.39. The molecule has 1 saturated carbocycles. The molecule has 3 rings (SSSR count). The predicted octanol–water partition coefficient (Wildman–Crippen LogP) is 1.28. The van der Waals surface area contributed by atoms with Gasteiger partial charge in [-0.15, -0.1) is 0 Å². The van der Waals surface area contributed by atoms with Crippen LogP contribution >= 0.6 is 0 Å². The van der Waals surface area contributed by atoms with Gasteiger partial charge in [0.2, 0.25) is 0 Å².